The van der Waals surface area contributed by atoms with Gasteiger partial charge in [-0.05, 0) is 63.4 Å². The van der Waals surface area contributed by atoms with Crippen molar-refractivity contribution in [3.05, 3.63) is 76.0 Å². The molecule has 0 saturated carbocycles. The molecule has 34 heavy (non-hydrogen) atoms. The molecule has 0 spiro atoms. The van der Waals surface area contributed by atoms with Crippen LogP contribution in [0, 0.1) is 6.92 Å². The molecule has 0 aliphatic rings. The molecule has 0 amide bonds. The summed E-state index contributed by atoms with van der Waals surface area (Å²) in [5.74, 6) is 0.858. The van der Waals surface area contributed by atoms with E-state index in [0.717, 1.165) is 17.8 Å². The van der Waals surface area contributed by atoms with E-state index in [0.29, 0.717) is 44.0 Å². The number of carboxylic acids is 1. The first-order chi connectivity index (χ1) is 16.2. The molecule has 0 aliphatic heterocycles. The summed E-state index contributed by atoms with van der Waals surface area (Å²) in [6, 6.07) is 15.0. The molecule has 3 rings (SSSR count). The van der Waals surface area contributed by atoms with Crippen molar-refractivity contribution in [2.45, 2.75) is 65.6 Å². The van der Waals surface area contributed by atoms with Crippen molar-refractivity contribution in [1.29, 1.82) is 0 Å². The number of ether oxygens (including phenoxy) is 2. The van der Waals surface area contributed by atoms with E-state index in [9.17, 15) is 14.7 Å². The molecule has 1 N–H and O–H groups in total. The number of rotatable bonds is 12. The van der Waals surface area contributed by atoms with Crippen LogP contribution in [0.4, 0.5) is 0 Å². The number of hydrogen-bond acceptors (Lipinski definition) is 5. The fourth-order valence-corrected chi connectivity index (χ4v) is 3.45. The average Bonchev–Trinajstić information content (AvgIpc) is 3.08. The summed E-state index contributed by atoms with van der Waals surface area (Å²) in [5.41, 5.74) is 0.833. The zero-order valence-corrected chi connectivity index (χ0v) is 20.3. The van der Waals surface area contributed by atoms with Gasteiger partial charge in [0, 0.05) is 13.0 Å². The fraction of sp³-hybridized carbons (Fsp3) is 0.423. The van der Waals surface area contributed by atoms with E-state index in [2.05, 4.69) is 5.10 Å². The van der Waals surface area contributed by atoms with Crippen molar-refractivity contribution in [3.63, 3.8) is 0 Å². The molecular formula is C26H33N3O5. The first-order valence-electron chi connectivity index (χ1n) is 11.6. The first-order valence-corrected chi connectivity index (χ1v) is 11.6. The highest BCUT2D eigenvalue weighted by molar-refractivity contribution is 5.76. The SMILES string of the molecule is CCCn1c(CCCOc2ccc(OC(C)(C)C(=O)O)cc2)nn(Cc2ccc(C)cc2)c1=O. The minimum atomic E-state index is -1.31. The second kappa shape index (κ2) is 11.0. The van der Waals surface area contributed by atoms with Crippen LogP contribution in [-0.4, -0.2) is 37.6 Å². The molecule has 2 aromatic carbocycles. The number of aliphatic carboxylic acids is 1. The van der Waals surface area contributed by atoms with Crippen molar-refractivity contribution in [3.8, 4) is 11.5 Å². The Morgan fingerprint density at radius 3 is 2.32 bits per heavy atom. The van der Waals surface area contributed by atoms with E-state index in [1.807, 2.05) is 38.1 Å². The van der Waals surface area contributed by atoms with Gasteiger partial charge in [-0.1, -0.05) is 36.8 Å². The Morgan fingerprint density at radius 2 is 1.71 bits per heavy atom. The lowest BCUT2D eigenvalue weighted by Crippen LogP contribution is -2.37. The largest absolute Gasteiger partial charge is 0.494 e. The van der Waals surface area contributed by atoms with Gasteiger partial charge in [-0.15, -0.1) is 0 Å². The second-order valence-electron chi connectivity index (χ2n) is 8.83. The van der Waals surface area contributed by atoms with Gasteiger partial charge >= 0.3 is 11.7 Å². The maximum absolute atomic E-state index is 12.9. The molecule has 0 bridgehead atoms. The van der Waals surface area contributed by atoms with Crippen LogP contribution in [-0.2, 0) is 24.3 Å². The van der Waals surface area contributed by atoms with Gasteiger partial charge in [0.25, 0.3) is 0 Å². The van der Waals surface area contributed by atoms with E-state index < -0.39 is 11.6 Å². The molecule has 0 saturated heterocycles. The number of aryl methyl sites for hydroxylation is 2. The lowest BCUT2D eigenvalue weighted by Gasteiger charge is -2.21. The van der Waals surface area contributed by atoms with Gasteiger partial charge in [-0.3, -0.25) is 4.57 Å². The molecule has 0 atom stereocenters. The van der Waals surface area contributed by atoms with Crippen LogP contribution >= 0.6 is 0 Å². The fourth-order valence-electron chi connectivity index (χ4n) is 3.45. The van der Waals surface area contributed by atoms with Gasteiger partial charge in [-0.2, -0.15) is 5.10 Å². The average molecular weight is 468 g/mol. The van der Waals surface area contributed by atoms with Gasteiger partial charge < -0.3 is 14.6 Å². The van der Waals surface area contributed by atoms with Crippen LogP contribution in [0.15, 0.2) is 53.3 Å². The molecule has 0 radical (unpaired) electrons. The Hall–Kier alpha value is -3.55. The summed E-state index contributed by atoms with van der Waals surface area (Å²) in [5, 5.41) is 13.8. The lowest BCUT2D eigenvalue weighted by molar-refractivity contribution is -0.152. The molecule has 8 heteroatoms. The highest BCUT2D eigenvalue weighted by Gasteiger charge is 2.29. The van der Waals surface area contributed by atoms with Crippen molar-refractivity contribution < 1.29 is 19.4 Å². The third-order valence-corrected chi connectivity index (χ3v) is 5.42. The minimum Gasteiger partial charge on any atom is -0.494 e. The van der Waals surface area contributed by atoms with Crippen LogP contribution in [0.5, 0.6) is 11.5 Å². The zero-order chi connectivity index (χ0) is 24.7. The number of carboxylic acid groups (broad SMARTS) is 1. The Bertz CT molecular complexity index is 1140. The number of hydrogen-bond donors (Lipinski definition) is 1. The molecule has 0 unspecified atom stereocenters. The predicted molar refractivity (Wildman–Crippen MR) is 130 cm³/mol. The second-order valence-corrected chi connectivity index (χ2v) is 8.83. The molecule has 1 aromatic heterocycles. The highest BCUT2D eigenvalue weighted by atomic mass is 16.5. The van der Waals surface area contributed by atoms with Crippen molar-refractivity contribution >= 4 is 5.97 Å². The molecule has 182 valence electrons. The van der Waals surface area contributed by atoms with Crippen molar-refractivity contribution in [1.82, 2.24) is 14.3 Å². The summed E-state index contributed by atoms with van der Waals surface area (Å²) in [7, 11) is 0. The molecule has 3 aromatic rings. The number of carbonyl (C=O) groups is 1. The predicted octanol–water partition coefficient (Wildman–Crippen LogP) is 4.07. The van der Waals surface area contributed by atoms with E-state index in [-0.39, 0.29) is 5.69 Å². The van der Waals surface area contributed by atoms with Gasteiger partial charge in [-0.25, -0.2) is 14.3 Å². The Balaban J connectivity index is 1.57. The topological polar surface area (TPSA) is 95.6 Å². The van der Waals surface area contributed by atoms with Crippen LogP contribution in [0.3, 0.4) is 0 Å². The summed E-state index contributed by atoms with van der Waals surface area (Å²) in [6.45, 7) is 8.63. The summed E-state index contributed by atoms with van der Waals surface area (Å²) in [4.78, 5) is 24.1. The summed E-state index contributed by atoms with van der Waals surface area (Å²) < 4.78 is 14.6. The normalized spacial score (nSPS) is 11.4. The number of aromatic nitrogens is 3. The lowest BCUT2D eigenvalue weighted by atomic mass is 10.1. The minimum absolute atomic E-state index is 0.0850. The smallest absolute Gasteiger partial charge is 0.347 e. The van der Waals surface area contributed by atoms with Crippen molar-refractivity contribution in [2.24, 2.45) is 0 Å². The Morgan fingerprint density at radius 1 is 1.06 bits per heavy atom. The van der Waals surface area contributed by atoms with E-state index in [4.69, 9.17) is 9.47 Å². The van der Waals surface area contributed by atoms with Crippen molar-refractivity contribution in [2.75, 3.05) is 6.61 Å². The van der Waals surface area contributed by atoms with Gasteiger partial charge in [0.1, 0.15) is 17.3 Å². The summed E-state index contributed by atoms with van der Waals surface area (Å²) in [6.07, 6.45) is 2.19. The van der Waals surface area contributed by atoms with E-state index in [1.54, 1.807) is 28.8 Å². The van der Waals surface area contributed by atoms with Gasteiger partial charge in [0.15, 0.2) is 5.60 Å². The molecule has 0 aliphatic carbocycles. The third-order valence-electron chi connectivity index (χ3n) is 5.42. The van der Waals surface area contributed by atoms with E-state index in [1.165, 1.54) is 24.1 Å². The van der Waals surface area contributed by atoms with Crippen LogP contribution < -0.4 is 15.2 Å². The maximum atomic E-state index is 12.9. The monoisotopic (exact) mass is 467 g/mol. The van der Waals surface area contributed by atoms with Crippen LogP contribution in [0.1, 0.15) is 50.6 Å². The number of nitrogens with zero attached hydrogens (tertiary/aromatic N) is 3. The third kappa shape index (κ3) is 6.50. The van der Waals surface area contributed by atoms with Gasteiger partial charge in [0.05, 0.1) is 13.2 Å². The summed E-state index contributed by atoms with van der Waals surface area (Å²) >= 11 is 0. The van der Waals surface area contributed by atoms with Crippen LogP contribution in [0.2, 0.25) is 0 Å². The molecule has 1 heterocycles. The Kier molecular flexibility index (Phi) is 8.15. The first kappa shape index (κ1) is 25.1. The molecule has 8 nitrogen and oxygen atoms in total. The van der Waals surface area contributed by atoms with Gasteiger partial charge in [0.2, 0.25) is 0 Å². The Labute approximate surface area is 199 Å². The standard InChI is InChI=1S/C26H33N3O5/c1-5-16-28-23(27-29(25(28)32)18-20-10-8-19(2)9-11-20)7-6-17-33-21-12-14-22(15-13-21)34-26(3,4)24(30)31/h8-15H,5-7,16-18H2,1-4H3,(H,30,31). The molecular weight excluding hydrogens is 434 g/mol. The maximum Gasteiger partial charge on any atom is 0.347 e. The number of benzene rings is 2. The van der Waals surface area contributed by atoms with Crippen LogP contribution in [0.25, 0.3) is 0 Å². The zero-order valence-electron chi connectivity index (χ0n) is 20.3. The van der Waals surface area contributed by atoms with E-state index >= 15 is 0 Å². The highest BCUT2D eigenvalue weighted by Crippen LogP contribution is 2.22. The quantitative estimate of drug-likeness (QED) is 0.404. The molecule has 0 fully saturated rings.